The van der Waals surface area contributed by atoms with Gasteiger partial charge in [0.1, 0.15) is 12.0 Å². The monoisotopic (exact) mass is 281 g/mol. The van der Waals surface area contributed by atoms with Gasteiger partial charge in [-0.2, -0.15) is 5.10 Å². The van der Waals surface area contributed by atoms with Gasteiger partial charge in [0.05, 0.1) is 15.7 Å². The van der Waals surface area contributed by atoms with E-state index in [1.807, 2.05) is 0 Å². The van der Waals surface area contributed by atoms with E-state index < -0.39 is 0 Å². The first-order valence-corrected chi connectivity index (χ1v) is 5.68. The second kappa shape index (κ2) is 5.20. The van der Waals surface area contributed by atoms with E-state index in [0.717, 1.165) is 5.56 Å². The van der Waals surface area contributed by atoms with Crippen LogP contribution in [0.25, 0.3) is 11.3 Å². The molecule has 0 atom stereocenters. The molecule has 0 aliphatic rings. The fraction of sp³-hybridized carbons (Fsp3) is 0. The minimum atomic E-state index is 0.138. The molecule has 2 rings (SSSR count). The third-order valence-electron chi connectivity index (χ3n) is 2.28. The Morgan fingerprint density at radius 3 is 2.56 bits per heavy atom. The van der Waals surface area contributed by atoms with Crippen molar-refractivity contribution in [3.63, 3.8) is 0 Å². The van der Waals surface area contributed by atoms with Gasteiger partial charge in [-0.15, -0.1) is 0 Å². The topological polar surface area (TPSA) is 90.2 Å². The Kier molecular flexibility index (Phi) is 3.64. The third kappa shape index (κ3) is 2.52. The molecule has 1 aromatic carbocycles. The fourth-order valence-corrected chi connectivity index (χ4v) is 1.67. The summed E-state index contributed by atoms with van der Waals surface area (Å²) in [7, 11) is 0. The zero-order chi connectivity index (χ0) is 13.1. The average Bonchev–Trinajstić information content (AvgIpc) is 2.41. The molecule has 0 aliphatic heterocycles. The van der Waals surface area contributed by atoms with Crippen molar-refractivity contribution in [3.05, 3.63) is 46.3 Å². The van der Waals surface area contributed by atoms with Gasteiger partial charge in [0.2, 0.25) is 0 Å². The fourth-order valence-electron chi connectivity index (χ4n) is 1.38. The molecule has 4 N–H and O–H groups in total. The number of nitrogens with zero attached hydrogens (tertiary/aromatic N) is 3. The Morgan fingerprint density at radius 2 is 1.89 bits per heavy atom. The summed E-state index contributed by atoms with van der Waals surface area (Å²) in [6, 6.07) is 6.88. The lowest BCUT2D eigenvalue weighted by atomic mass is 10.1. The van der Waals surface area contributed by atoms with E-state index in [9.17, 15) is 0 Å². The summed E-state index contributed by atoms with van der Waals surface area (Å²) in [5.41, 5.74) is 7.50. The third-order valence-corrected chi connectivity index (χ3v) is 3.02. The molecule has 0 spiro atoms. The molecule has 0 unspecified atom stereocenters. The minimum absolute atomic E-state index is 0.138. The van der Waals surface area contributed by atoms with Gasteiger partial charge in [-0.3, -0.25) is 0 Å². The first kappa shape index (κ1) is 12.6. The number of hydrazone groups is 1. The summed E-state index contributed by atoms with van der Waals surface area (Å²) in [6.45, 7) is 0. The number of hydrogen-bond donors (Lipinski definition) is 2. The largest absolute Gasteiger partial charge is 0.380 e. The lowest BCUT2D eigenvalue weighted by Crippen LogP contribution is -2.17. The van der Waals surface area contributed by atoms with Gasteiger partial charge in [0.25, 0.3) is 0 Å². The lowest BCUT2D eigenvalue weighted by Gasteiger charge is -2.04. The predicted octanol–water partition coefficient (Wildman–Crippen LogP) is 2.03. The second-order valence-electron chi connectivity index (χ2n) is 3.43. The van der Waals surface area contributed by atoms with E-state index in [2.05, 4.69) is 15.1 Å². The molecule has 1 heterocycles. The molecule has 0 saturated heterocycles. The summed E-state index contributed by atoms with van der Waals surface area (Å²) < 4.78 is 0. The molecule has 1 aromatic heterocycles. The zero-order valence-corrected chi connectivity index (χ0v) is 10.7. The Morgan fingerprint density at radius 1 is 1.11 bits per heavy atom. The highest BCUT2D eigenvalue weighted by Gasteiger charge is 2.06. The quantitative estimate of drug-likeness (QED) is 0.381. The van der Waals surface area contributed by atoms with E-state index in [0.29, 0.717) is 21.4 Å². The van der Waals surface area contributed by atoms with Gasteiger partial charge in [0, 0.05) is 5.56 Å². The van der Waals surface area contributed by atoms with Crippen molar-refractivity contribution in [2.24, 2.45) is 16.7 Å². The van der Waals surface area contributed by atoms with Gasteiger partial charge in [-0.05, 0) is 18.2 Å². The number of rotatable bonds is 2. The summed E-state index contributed by atoms with van der Waals surface area (Å²) in [5.74, 6) is 5.24. The van der Waals surface area contributed by atoms with Crippen molar-refractivity contribution in [3.8, 4) is 11.3 Å². The van der Waals surface area contributed by atoms with Crippen molar-refractivity contribution >= 4 is 29.0 Å². The maximum Gasteiger partial charge on any atom is 0.169 e. The van der Waals surface area contributed by atoms with Crippen LogP contribution in [0.4, 0.5) is 0 Å². The Balaban J connectivity index is 2.48. The summed E-state index contributed by atoms with van der Waals surface area (Å²) >= 11 is 11.8. The molecular weight excluding hydrogens is 273 g/mol. The van der Waals surface area contributed by atoms with Crippen LogP contribution in [0.5, 0.6) is 0 Å². The van der Waals surface area contributed by atoms with Gasteiger partial charge in [0.15, 0.2) is 5.84 Å². The Bertz CT molecular complexity index is 612. The van der Waals surface area contributed by atoms with Crippen LogP contribution < -0.4 is 11.6 Å². The van der Waals surface area contributed by atoms with Crippen molar-refractivity contribution < 1.29 is 0 Å². The minimum Gasteiger partial charge on any atom is -0.380 e. The van der Waals surface area contributed by atoms with Crippen LogP contribution in [-0.4, -0.2) is 15.8 Å². The predicted molar refractivity (Wildman–Crippen MR) is 72.4 cm³/mol. The summed E-state index contributed by atoms with van der Waals surface area (Å²) in [5, 5.41) is 4.32. The standard InChI is InChI=1S/C11H9Cl2N5/c12-7-2-1-6(3-8(7)13)9-4-10(11(14)18-15)17-5-16-9/h1-5H,15H2,(H2,14,18). The van der Waals surface area contributed by atoms with Crippen LogP contribution in [0.3, 0.4) is 0 Å². The van der Waals surface area contributed by atoms with Crippen LogP contribution in [0.2, 0.25) is 10.0 Å². The van der Waals surface area contributed by atoms with E-state index in [-0.39, 0.29) is 5.84 Å². The molecule has 92 valence electrons. The van der Waals surface area contributed by atoms with Crippen LogP contribution in [-0.2, 0) is 0 Å². The number of hydrogen-bond acceptors (Lipinski definition) is 4. The molecule has 0 fully saturated rings. The van der Waals surface area contributed by atoms with Crippen LogP contribution in [0.15, 0.2) is 35.7 Å². The Hall–Kier alpha value is -1.85. The van der Waals surface area contributed by atoms with Crippen LogP contribution in [0.1, 0.15) is 5.69 Å². The molecule has 0 bridgehead atoms. The van der Waals surface area contributed by atoms with E-state index in [4.69, 9.17) is 34.8 Å². The second-order valence-corrected chi connectivity index (χ2v) is 4.25. The summed E-state index contributed by atoms with van der Waals surface area (Å²) in [6.07, 6.45) is 1.38. The number of nitrogens with two attached hydrogens (primary N) is 2. The lowest BCUT2D eigenvalue weighted by molar-refractivity contribution is 1.13. The maximum atomic E-state index is 5.95. The molecule has 18 heavy (non-hydrogen) atoms. The van der Waals surface area contributed by atoms with E-state index in [1.165, 1.54) is 6.33 Å². The number of amidine groups is 1. The van der Waals surface area contributed by atoms with Gasteiger partial charge >= 0.3 is 0 Å². The molecular formula is C11H9Cl2N5. The maximum absolute atomic E-state index is 5.95. The molecule has 5 nitrogen and oxygen atoms in total. The average molecular weight is 282 g/mol. The zero-order valence-electron chi connectivity index (χ0n) is 9.14. The molecule has 2 aromatic rings. The van der Waals surface area contributed by atoms with Crippen molar-refractivity contribution in [2.45, 2.75) is 0 Å². The summed E-state index contributed by atoms with van der Waals surface area (Å²) in [4.78, 5) is 8.10. The van der Waals surface area contributed by atoms with Crippen molar-refractivity contribution in [2.75, 3.05) is 0 Å². The normalized spacial score (nSPS) is 11.6. The van der Waals surface area contributed by atoms with Gasteiger partial charge in [-0.1, -0.05) is 29.3 Å². The van der Waals surface area contributed by atoms with Crippen LogP contribution in [0, 0.1) is 0 Å². The van der Waals surface area contributed by atoms with Crippen LogP contribution >= 0.6 is 23.2 Å². The molecule has 0 aliphatic carbocycles. The highest BCUT2D eigenvalue weighted by Crippen LogP contribution is 2.27. The highest BCUT2D eigenvalue weighted by atomic mass is 35.5. The molecule has 0 amide bonds. The van der Waals surface area contributed by atoms with E-state index >= 15 is 0 Å². The highest BCUT2D eigenvalue weighted by molar-refractivity contribution is 6.42. The van der Waals surface area contributed by atoms with Gasteiger partial charge in [-0.25, -0.2) is 9.97 Å². The SMILES string of the molecule is NN=C(N)c1cc(-c2ccc(Cl)c(Cl)c2)ncn1. The number of aromatic nitrogens is 2. The molecule has 0 radical (unpaired) electrons. The molecule has 7 heteroatoms. The van der Waals surface area contributed by atoms with E-state index in [1.54, 1.807) is 24.3 Å². The van der Waals surface area contributed by atoms with Gasteiger partial charge < -0.3 is 11.6 Å². The molecule has 0 saturated carbocycles. The van der Waals surface area contributed by atoms with Crippen molar-refractivity contribution in [1.82, 2.24) is 9.97 Å². The first-order valence-electron chi connectivity index (χ1n) is 4.93. The number of halogens is 2. The first-order chi connectivity index (χ1) is 8.61. The van der Waals surface area contributed by atoms with Crippen molar-refractivity contribution in [1.29, 1.82) is 0 Å². The Labute approximate surface area is 113 Å². The number of benzene rings is 1. The smallest absolute Gasteiger partial charge is 0.169 e.